The first-order chi connectivity index (χ1) is 12.7. The quantitative estimate of drug-likeness (QED) is 0.337. The topological polar surface area (TPSA) is 30.2 Å². The van der Waals surface area contributed by atoms with E-state index in [4.69, 9.17) is 4.42 Å². The number of benzene rings is 3. The van der Waals surface area contributed by atoms with Crippen molar-refractivity contribution in [3.8, 4) is 0 Å². The van der Waals surface area contributed by atoms with Gasteiger partial charge in [-0.05, 0) is 76.6 Å². The van der Waals surface area contributed by atoms with E-state index in [1.165, 1.54) is 38.2 Å². The smallest absolute Gasteiger partial charge is 0.201 e. The first-order valence-corrected chi connectivity index (χ1v) is 9.23. The molecule has 1 aliphatic rings. The molecule has 0 N–H and O–H groups in total. The van der Waals surface area contributed by atoms with Crippen molar-refractivity contribution in [3.63, 3.8) is 0 Å². The number of carbonyl (C=O) groups is 1. The Morgan fingerprint density at radius 2 is 1.92 bits per heavy atom. The molecular weight excluding hydrogens is 320 g/mol. The van der Waals surface area contributed by atoms with Gasteiger partial charge in [-0.2, -0.15) is 0 Å². The van der Waals surface area contributed by atoms with Crippen LogP contribution in [0.15, 0.2) is 65.3 Å². The first-order valence-electron chi connectivity index (χ1n) is 9.23. The van der Waals surface area contributed by atoms with Gasteiger partial charge in [0.1, 0.15) is 0 Å². The highest BCUT2D eigenvalue weighted by Crippen LogP contribution is 2.37. The summed E-state index contributed by atoms with van der Waals surface area (Å²) in [6.45, 7) is 2.19. The second-order valence-electron chi connectivity index (χ2n) is 7.32. The minimum absolute atomic E-state index is 0.00474. The third-order valence-electron chi connectivity index (χ3n) is 5.77. The number of Topliss-reactive ketones (excluding diaryl/α,β-unsaturated/α-hetero) is 1. The average molecular weight is 340 g/mol. The molecule has 0 amide bonds. The lowest BCUT2D eigenvalue weighted by molar-refractivity contribution is 0.0880. The molecule has 0 saturated heterocycles. The lowest BCUT2D eigenvalue weighted by Gasteiger charge is -2.25. The minimum atomic E-state index is 0.00474. The summed E-state index contributed by atoms with van der Waals surface area (Å²) in [6.07, 6.45) is 4.22. The summed E-state index contributed by atoms with van der Waals surface area (Å²) in [5, 5.41) is 5.19. The zero-order chi connectivity index (χ0) is 17.7. The Morgan fingerprint density at radius 3 is 2.77 bits per heavy atom. The van der Waals surface area contributed by atoms with Crippen molar-refractivity contribution in [1.29, 1.82) is 0 Å². The second-order valence-corrected chi connectivity index (χ2v) is 7.32. The fourth-order valence-electron chi connectivity index (χ4n) is 4.53. The molecule has 0 fully saturated rings. The van der Waals surface area contributed by atoms with E-state index in [-0.39, 0.29) is 11.7 Å². The van der Waals surface area contributed by atoms with Crippen molar-refractivity contribution in [2.45, 2.75) is 26.2 Å². The van der Waals surface area contributed by atoms with Crippen molar-refractivity contribution in [3.05, 3.63) is 83.3 Å². The molecule has 2 heteroatoms. The van der Waals surface area contributed by atoms with Gasteiger partial charge >= 0.3 is 0 Å². The van der Waals surface area contributed by atoms with Crippen LogP contribution in [-0.2, 0) is 12.8 Å². The van der Waals surface area contributed by atoms with Crippen molar-refractivity contribution >= 4 is 27.3 Å². The molecule has 0 aliphatic heterocycles. The maximum Gasteiger partial charge on any atom is 0.201 e. The molecule has 1 aromatic heterocycles. The van der Waals surface area contributed by atoms with Crippen molar-refractivity contribution in [1.82, 2.24) is 0 Å². The highest BCUT2D eigenvalue weighted by atomic mass is 16.3. The lowest BCUT2D eigenvalue weighted by atomic mass is 9.78. The number of aryl methyl sites for hydroxylation is 2. The number of hydrogen-bond donors (Lipinski definition) is 0. The molecule has 1 unspecified atom stereocenters. The van der Waals surface area contributed by atoms with Gasteiger partial charge < -0.3 is 4.42 Å². The van der Waals surface area contributed by atoms with Crippen LogP contribution in [0, 0.1) is 12.8 Å². The Kier molecular flexibility index (Phi) is 3.46. The minimum Gasteiger partial charge on any atom is -0.461 e. The number of carbonyl (C=O) groups excluding carboxylic acids is 1. The highest BCUT2D eigenvalue weighted by molar-refractivity contribution is 6.10. The van der Waals surface area contributed by atoms with Crippen LogP contribution >= 0.6 is 0 Å². The SMILES string of the molecule is Cc1cc2ccccc2c2ccc3c(c12)CC(C(=O)c1ccco1)CC3. The van der Waals surface area contributed by atoms with Crippen molar-refractivity contribution in [2.75, 3.05) is 0 Å². The van der Waals surface area contributed by atoms with Gasteiger partial charge in [-0.1, -0.05) is 42.5 Å². The molecule has 5 rings (SSSR count). The van der Waals surface area contributed by atoms with E-state index in [1.54, 1.807) is 18.4 Å². The van der Waals surface area contributed by atoms with Crippen LogP contribution in [-0.4, -0.2) is 5.78 Å². The molecule has 4 aromatic rings. The Bertz CT molecular complexity index is 1140. The maximum atomic E-state index is 12.8. The molecular formula is C24H20O2. The number of fused-ring (bicyclic) bond motifs is 5. The number of hydrogen-bond acceptors (Lipinski definition) is 2. The third kappa shape index (κ3) is 2.29. The van der Waals surface area contributed by atoms with Gasteiger partial charge in [0.15, 0.2) is 5.76 Å². The molecule has 1 heterocycles. The van der Waals surface area contributed by atoms with Crippen molar-refractivity contribution < 1.29 is 9.21 Å². The molecule has 128 valence electrons. The van der Waals surface area contributed by atoms with E-state index in [2.05, 4.69) is 49.4 Å². The molecule has 0 spiro atoms. The summed E-state index contributed by atoms with van der Waals surface area (Å²) in [5.41, 5.74) is 4.03. The van der Waals surface area contributed by atoms with E-state index >= 15 is 0 Å². The van der Waals surface area contributed by atoms with Crippen LogP contribution in [0.2, 0.25) is 0 Å². The molecule has 2 nitrogen and oxygen atoms in total. The number of rotatable bonds is 2. The van der Waals surface area contributed by atoms with Gasteiger partial charge in [0.2, 0.25) is 5.78 Å². The van der Waals surface area contributed by atoms with Crippen molar-refractivity contribution in [2.24, 2.45) is 5.92 Å². The molecule has 0 radical (unpaired) electrons. The fraction of sp³-hybridized carbons (Fsp3) is 0.208. The summed E-state index contributed by atoms with van der Waals surface area (Å²) < 4.78 is 5.36. The van der Waals surface area contributed by atoms with Crippen LogP contribution in [0.25, 0.3) is 21.5 Å². The zero-order valence-electron chi connectivity index (χ0n) is 14.8. The van der Waals surface area contributed by atoms with Gasteiger partial charge in [-0.15, -0.1) is 0 Å². The summed E-state index contributed by atoms with van der Waals surface area (Å²) in [4.78, 5) is 12.8. The van der Waals surface area contributed by atoms with E-state index in [9.17, 15) is 4.79 Å². The summed E-state index contributed by atoms with van der Waals surface area (Å²) in [5.74, 6) is 0.627. The van der Waals surface area contributed by atoms with E-state index in [0.29, 0.717) is 5.76 Å². The molecule has 0 bridgehead atoms. The highest BCUT2D eigenvalue weighted by Gasteiger charge is 2.28. The fourth-order valence-corrected chi connectivity index (χ4v) is 4.53. The number of ketones is 1. The monoisotopic (exact) mass is 340 g/mol. The third-order valence-corrected chi connectivity index (χ3v) is 5.77. The zero-order valence-corrected chi connectivity index (χ0v) is 14.8. The molecule has 1 atom stereocenters. The lowest BCUT2D eigenvalue weighted by Crippen LogP contribution is -2.23. The molecule has 26 heavy (non-hydrogen) atoms. The Labute approximate surface area is 152 Å². The molecule has 0 saturated carbocycles. The predicted octanol–water partition coefficient (Wildman–Crippen LogP) is 5.88. The van der Waals surface area contributed by atoms with Gasteiger partial charge in [0.05, 0.1) is 6.26 Å². The normalized spacial score (nSPS) is 16.7. The summed E-state index contributed by atoms with van der Waals surface area (Å²) in [7, 11) is 0. The summed E-state index contributed by atoms with van der Waals surface area (Å²) in [6, 6.07) is 18.9. The summed E-state index contributed by atoms with van der Waals surface area (Å²) >= 11 is 0. The van der Waals surface area contributed by atoms with Crippen LogP contribution < -0.4 is 0 Å². The first kappa shape index (κ1) is 15.4. The standard InChI is InChI=1S/C24H20O2/c1-15-13-17-5-2-3-6-19(17)20-11-10-16-8-9-18(14-21(16)23(15)20)24(25)22-7-4-12-26-22/h2-7,10-13,18H,8-9,14H2,1H3. The van der Waals surface area contributed by atoms with E-state index < -0.39 is 0 Å². The predicted molar refractivity (Wildman–Crippen MR) is 105 cm³/mol. The van der Waals surface area contributed by atoms with Crippen LogP contribution in [0.5, 0.6) is 0 Å². The van der Waals surface area contributed by atoms with Gasteiger partial charge in [-0.25, -0.2) is 0 Å². The van der Waals surface area contributed by atoms with E-state index in [0.717, 1.165) is 19.3 Å². The van der Waals surface area contributed by atoms with Crippen LogP contribution in [0.4, 0.5) is 0 Å². The Morgan fingerprint density at radius 1 is 1.04 bits per heavy atom. The van der Waals surface area contributed by atoms with E-state index in [1.807, 2.05) is 0 Å². The van der Waals surface area contributed by atoms with Crippen LogP contribution in [0.1, 0.15) is 33.7 Å². The average Bonchev–Trinajstić information content (AvgIpc) is 3.21. The number of furan rings is 1. The Hall–Kier alpha value is -2.87. The Balaban J connectivity index is 1.68. The largest absolute Gasteiger partial charge is 0.461 e. The van der Waals surface area contributed by atoms with Gasteiger partial charge in [-0.3, -0.25) is 4.79 Å². The van der Waals surface area contributed by atoms with Crippen LogP contribution in [0.3, 0.4) is 0 Å². The second kappa shape index (κ2) is 5.84. The molecule has 3 aromatic carbocycles. The molecule has 1 aliphatic carbocycles. The maximum absolute atomic E-state index is 12.8. The van der Waals surface area contributed by atoms with Gasteiger partial charge in [0.25, 0.3) is 0 Å². The van der Waals surface area contributed by atoms with Gasteiger partial charge in [0, 0.05) is 5.92 Å².